The van der Waals surface area contributed by atoms with Gasteiger partial charge in [0.2, 0.25) is 0 Å². The fourth-order valence-corrected chi connectivity index (χ4v) is 5.06. The Labute approximate surface area is 198 Å². The Balaban J connectivity index is 1.33. The molecule has 1 N–H and O–H groups in total. The van der Waals surface area contributed by atoms with Crippen molar-refractivity contribution >= 4 is 21.5 Å². The molecule has 5 aromatic rings. The van der Waals surface area contributed by atoms with Crippen LogP contribution in [0.15, 0.2) is 85.2 Å². The fraction of sp³-hybridized carbons (Fsp3) is 0.167. The summed E-state index contributed by atoms with van der Waals surface area (Å²) in [6, 6.07) is 24.3. The van der Waals surface area contributed by atoms with Crippen LogP contribution in [0.5, 0.6) is 11.5 Å². The first kappa shape index (κ1) is 20.7. The van der Waals surface area contributed by atoms with Crippen LogP contribution in [0, 0.1) is 0 Å². The number of phenolic OH excluding ortho intramolecular Hbond substituents is 1. The lowest BCUT2D eigenvalue weighted by Crippen LogP contribution is -2.07. The van der Waals surface area contributed by atoms with E-state index in [0.717, 1.165) is 29.5 Å². The molecule has 6 rings (SSSR count). The number of aromatic nitrogens is 1. The van der Waals surface area contributed by atoms with Crippen molar-refractivity contribution < 1.29 is 14.6 Å². The number of hydrogen-bond donors (Lipinski definition) is 1. The molecule has 0 unspecified atom stereocenters. The van der Waals surface area contributed by atoms with Crippen LogP contribution >= 0.6 is 0 Å². The molecule has 0 bridgehead atoms. The third-order valence-corrected chi connectivity index (χ3v) is 6.61. The van der Waals surface area contributed by atoms with Crippen LogP contribution in [0.2, 0.25) is 0 Å². The van der Waals surface area contributed by atoms with E-state index in [2.05, 4.69) is 35.3 Å². The lowest BCUT2D eigenvalue weighted by Gasteiger charge is -2.24. The topological polar surface area (TPSA) is 51.6 Å². The minimum absolute atomic E-state index is 0.319. The number of rotatable bonds is 6. The summed E-state index contributed by atoms with van der Waals surface area (Å²) in [5.41, 5.74) is 6.11. The average molecular weight is 448 g/mol. The average Bonchev–Trinajstić information content (AvgIpc) is 2.88. The van der Waals surface area contributed by atoms with Gasteiger partial charge >= 0.3 is 0 Å². The predicted octanol–water partition coefficient (Wildman–Crippen LogP) is 6.45. The molecule has 0 amide bonds. The van der Waals surface area contributed by atoms with Crippen molar-refractivity contribution in [3.05, 3.63) is 102 Å². The van der Waals surface area contributed by atoms with Crippen molar-refractivity contribution in [2.75, 3.05) is 13.2 Å². The zero-order valence-electron chi connectivity index (χ0n) is 18.8. The lowest BCUT2D eigenvalue weighted by molar-refractivity contribution is 0.0890. The Morgan fingerprint density at radius 2 is 1.71 bits per heavy atom. The highest BCUT2D eigenvalue weighted by Gasteiger charge is 2.22. The third-order valence-electron chi connectivity index (χ3n) is 6.61. The molecular weight excluding hydrogens is 422 g/mol. The summed E-state index contributed by atoms with van der Waals surface area (Å²) in [5, 5.41) is 14.7. The van der Waals surface area contributed by atoms with Gasteiger partial charge in [0.05, 0.1) is 13.2 Å². The van der Waals surface area contributed by atoms with E-state index in [9.17, 15) is 5.11 Å². The van der Waals surface area contributed by atoms with E-state index < -0.39 is 0 Å². The van der Waals surface area contributed by atoms with E-state index in [1.807, 2.05) is 48.8 Å². The number of aryl methyl sites for hydroxylation is 2. The number of ether oxygens (including phenoxy) is 2. The van der Waals surface area contributed by atoms with Gasteiger partial charge in [-0.25, -0.2) is 0 Å². The Kier molecular flexibility index (Phi) is 5.36. The van der Waals surface area contributed by atoms with Crippen LogP contribution in [0.3, 0.4) is 0 Å². The number of nitrogens with zero attached hydrogens (tertiary/aromatic N) is 1. The molecule has 1 aliphatic rings. The number of fused-ring (bicyclic) bond motifs is 8. The molecule has 34 heavy (non-hydrogen) atoms. The highest BCUT2D eigenvalue weighted by molar-refractivity contribution is 6.16. The van der Waals surface area contributed by atoms with Crippen LogP contribution in [0.25, 0.3) is 32.7 Å². The monoisotopic (exact) mass is 447 g/mol. The summed E-state index contributed by atoms with van der Waals surface area (Å²) in [4.78, 5) is 4.43. The van der Waals surface area contributed by atoms with Gasteiger partial charge in [-0.1, -0.05) is 42.5 Å². The molecule has 0 saturated carbocycles. The molecule has 4 aromatic carbocycles. The van der Waals surface area contributed by atoms with Crippen molar-refractivity contribution in [2.24, 2.45) is 0 Å². The Morgan fingerprint density at radius 3 is 2.62 bits per heavy atom. The van der Waals surface area contributed by atoms with E-state index in [-0.39, 0.29) is 0 Å². The molecule has 1 aromatic heterocycles. The zero-order chi connectivity index (χ0) is 22.9. The van der Waals surface area contributed by atoms with Gasteiger partial charge < -0.3 is 14.6 Å². The van der Waals surface area contributed by atoms with Gasteiger partial charge in [-0.2, -0.15) is 0 Å². The summed E-state index contributed by atoms with van der Waals surface area (Å²) in [6.07, 6.45) is 5.68. The maximum absolute atomic E-state index is 10.0. The quantitative estimate of drug-likeness (QED) is 0.240. The largest absolute Gasteiger partial charge is 0.508 e. The van der Waals surface area contributed by atoms with Crippen molar-refractivity contribution in [3.63, 3.8) is 0 Å². The van der Waals surface area contributed by atoms with Gasteiger partial charge in [0.1, 0.15) is 18.1 Å². The van der Waals surface area contributed by atoms with Crippen LogP contribution in [-0.4, -0.2) is 23.3 Å². The first-order valence-corrected chi connectivity index (χ1v) is 11.7. The number of benzene rings is 4. The molecule has 0 fully saturated rings. The molecule has 4 nitrogen and oxygen atoms in total. The minimum Gasteiger partial charge on any atom is -0.508 e. The summed E-state index contributed by atoms with van der Waals surface area (Å²) in [6.45, 7) is 1.60. The molecule has 0 spiro atoms. The van der Waals surface area contributed by atoms with Crippen LogP contribution in [0.4, 0.5) is 0 Å². The molecule has 1 aliphatic carbocycles. The van der Waals surface area contributed by atoms with E-state index in [0.29, 0.717) is 25.6 Å². The summed E-state index contributed by atoms with van der Waals surface area (Å²) in [5.74, 6) is 1.15. The highest BCUT2D eigenvalue weighted by Crippen LogP contribution is 2.44. The first-order chi connectivity index (χ1) is 16.8. The number of aromatic hydroxyl groups is 1. The number of hydrogen-bond acceptors (Lipinski definition) is 4. The molecule has 0 radical (unpaired) electrons. The molecule has 0 aliphatic heterocycles. The van der Waals surface area contributed by atoms with E-state index in [1.54, 1.807) is 6.07 Å². The van der Waals surface area contributed by atoms with Crippen molar-refractivity contribution in [1.82, 2.24) is 4.98 Å². The second kappa shape index (κ2) is 8.81. The van der Waals surface area contributed by atoms with Gasteiger partial charge in [-0.15, -0.1) is 0 Å². The van der Waals surface area contributed by atoms with Gasteiger partial charge in [-0.05, 0) is 87.1 Å². The predicted molar refractivity (Wildman–Crippen MR) is 135 cm³/mol. The highest BCUT2D eigenvalue weighted by atomic mass is 16.5. The molecule has 0 saturated heterocycles. The smallest absolute Gasteiger partial charge is 0.120 e. The van der Waals surface area contributed by atoms with Crippen molar-refractivity contribution in [1.29, 1.82) is 0 Å². The summed E-state index contributed by atoms with van der Waals surface area (Å²) in [7, 11) is 0. The van der Waals surface area contributed by atoms with Gasteiger partial charge in [0.25, 0.3) is 0 Å². The SMILES string of the molecule is Oc1ccc2c(c1)CCc1c-2c2ccc(OCCOCc3ccccc3)cc2c2ccncc12. The van der Waals surface area contributed by atoms with Crippen molar-refractivity contribution in [3.8, 4) is 22.6 Å². The minimum atomic E-state index is 0.319. The number of pyridine rings is 1. The normalized spacial score (nSPS) is 12.5. The summed E-state index contributed by atoms with van der Waals surface area (Å²) >= 11 is 0. The molecule has 168 valence electrons. The van der Waals surface area contributed by atoms with Crippen molar-refractivity contribution in [2.45, 2.75) is 19.4 Å². The fourth-order valence-electron chi connectivity index (χ4n) is 5.06. The molecular formula is C30H25NO3. The number of phenols is 1. The maximum Gasteiger partial charge on any atom is 0.120 e. The maximum atomic E-state index is 10.0. The van der Waals surface area contributed by atoms with E-state index >= 15 is 0 Å². The van der Waals surface area contributed by atoms with E-state index in [4.69, 9.17) is 9.47 Å². The first-order valence-electron chi connectivity index (χ1n) is 11.7. The molecule has 1 heterocycles. The Morgan fingerprint density at radius 1 is 0.794 bits per heavy atom. The second-order valence-corrected chi connectivity index (χ2v) is 8.71. The van der Waals surface area contributed by atoms with Crippen LogP contribution in [-0.2, 0) is 24.2 Å². The summed E-state index contributed by atoms with van der Waals surface area (Å²) < 4.78 is 11.8. The van der Waals surface area contributed by atoms with Crippen LogP contribution < -0.4 is 4.74 Å². The second-order valence-electron chi connectivity index (χ2n) is 8.71. The van der Waals surface area contributed by atoms with E-state index in [1.165, 1.54) is 38.4 Å². The molecule has 4 heteroatoms. The zero-order valence-corrected chi connectivity index (χ0v) is 18.8. The van der Waals surface area contributed by atoms with Gasteiger partial charge in [-0.3, -0.25) is 4.98 Å². The standard InChI is InChI=1S/C30H25NO3/c32-22-7-10-24-21(16-22)6-9-27-29-18-31-13-12-25(29)28-17-23(8-11-26(28)30(24)27)34-15-14-33-19-20-4-2-1-3-5-20/h1-5,7-8,10-13,16-18,32H,6,9,14-15,19H2. The van der Waals surface area contributed by atoms with Gasteiger partial charge in [0, 0.05) is 17.8 Å². The van der Waals surface area contributed by atoms with Crippen LogP contribution in [0.1, 0.15) is 16.7 Å². The Bertz CT molecular complexity index is 1490. The Hall–Kier alpha value is -3.89. The third kappa shape index (κ3) is 3.76. The van der Waals surface area contributed by atoms with Gasteiger partial charge in [0.15, 0.2) is 0 Å². The molecule has 0 atom stereocenters. The lowest BCUT2D eigenvalue weighted by atomic mass is 9.80.